The molecular formula is C17H27ClN4O2. The molecule has 6 nitrogen and oxygen atoms in total. The second kappa shape index (κ2) is 9.71. The Morgan fingerprint density at radius 2 is 2.17 bits per heavy atom. The van der Waals surface area contributed by atoms with Gasteiger partial charge in [-0.1, -0.05) is 11.6 Å². The standard InChI is InChI=1S/C17H27ClN4O2/c1-13(24-15-6-4-14(18)5-7-15)10-20-17(19-2)21-11-16-12-22(3)8-9-23-16/h4-7,13,16H,8-12H2,1-3H3,(H2,19,20,21). The zero-order valence-electron chi connectivity index (χ0n) is 14.6. The molecule has 1 aliphatic rings. The van der Waals surface area contributed by atoms with Crippen molar-refractivity contribution in [3.8, 4) is 5.75 Å². The topological polar surface area (TPSA) is 58.1 Å². The van der Waals surface area contributed by atoms with Gasteiger partial charge >= 0.3 is 0 Å². The van der Waals surface area contributed by atoms with Gasteiger partial charge in [0.15, 0.2) is 5.96 Å². The molecule has 0 saturated carbocycles. The first kappa shape index (κ1) is 18.8. The van der Waals surface area contributed by atoms with Crippen molar-refractivity contribution in [3.05, 3.63) is 29.3 Å². The number of hydrogen-bond acceptors (Lipinski definition) is 4. The van der Waals surface area contributed by atoms with E-state index in [1.54, 1.807) is 7.05 Å². The van der Waals surface area contributed by atoms with Gasteiger partial charge in [0.05, 0.1) is 19.3 Å². The minimum atomic E-state index is 0.00166. The van der Waals surface area contributed by atoms with Crippen molar-refractivity contribution in [1.29, 1.82) is 0 Å². The maximum atomic E-state index is 5.87. The molecular weight excluding hydrogens is 328 g/mol. The maximum Gasteiger partial charge on any atom is 0.191 e. The average Bonchev–Trinajstić information content (AvgIpc) is 2.57. The third-order valence-corrected chi connectivity index (χ3v) is 4.02. The summed E-state index contributed by atoms with van der Waals surface area (Å²) in [5, 5.41) is 7.27. The lowest BCUT2D eigenvalue weighted by Gasteiger charge is -2.30. The Morgan fingerprint density at radius 3 is 2.83 bits per heavy atom. The first-order valence-corrected chi connectivity index (χ1v) is 8.61. The largest absolute Gasteiger partial charge is 0.489 e. The predicted octanol–water partition coefficient (Wildman–Crippen LogP) is 1.60. The van der Waals surface area contributed by atoms with Crippen LogP contribution in [-0.4, -0.2) is 69.9 Å². The number of nitrogens with one attached hydrogen (secondary N) is 2. The highest BCUT2D eigenvalue weighted by Crippen LogP contribution is 2.16. The van der Waals surface area contributed by atoms with E-state index in [0.717, 1.165) is 38.0 Å². The molecule has 2 rings (SSSR count). The summed E-state index contributed by atoms with van der Waals surface area (Å²) in [6.07, 6.45) is 0.187. The molecule has 0 aromatic heterocycles. The van der Waals surface area contributed by atoms with Crippen molar-refractivity contribution >= 4 is 17.6 Å². The van der Waals surface area contributed by atoms with Crippen LogP contribution >= 0.6 is 11.6 Å². The molecule has 0 radical (unpaired) electrons. The summed E-state index contributed by atoms with van der Waals surface area (Å²) in [5.41, 5.74) is 0. The zero-order chi connectivity index (χ0) is 17.4. The number of rotatable bonds is 6. The van der Waals surface area contributed by atoms with Crippen molar-refractivity contribution in [2.45, 2.75) is 19.1 Å². The van der Waals surface area contributed by atoms with Crippen LogP contribution in [0, 0.1) is 0 Å². The van der Waals surface area contributed by atoms with Crippen molar-refractivity contribution in [2.24, 2.45) is 4.99 Å². The van der Waals surface area contributed by atoms with Gasteiger partial charge in [0, 0.05) is 31.7 Å². The fourth-order valence-corrected chi connectivity index (χ4v) is 2.57. The van der Waals surface area contributed by atoms with Crippen LogP contribution in [0.5, 0.6) is 5.75 Å². The van der Waals surface area contributed by atoms with Gasteiger partial charge in [-0.2, -0.15) is 0 Å². The molecule has 0 amide bonds. The Hall–Kier alpha value is -1.50. The molecule has 0 spiro atoms. The molecule has 1 aromatic rings. The lowest BCUT2D eigenvalue weighted by Crippen LogP contribution is -2.49. The summed E-state index contributed by atoms with van der Waals surface area (Å²) < 4.78 is 11.6. The Kier molecular flexibility index (Phi) is 7.62. The summed E-state index contributed by atoms with van der Waals surface area (Å²) in [4.78, 5) is 6.51. The van der Waals surface area contributed by atoms with E-state index in [4.69, 9.17) is 21.1 Å². The normalized spacial score (nSPS) is 20.5. The Balaban J connectivity index is 1.69. The number of benzene rings is 1. The maximum absolute atomic E-state index is 5.87. The van der Waals surface area contributed by atoms with Crippen LogP contribution in [0.3, 0.4) is 0 Å². The van der Waals surface area contributed by atoms with E-state index in [1.807, 2.05) is 31.2 Å². The van der Waals surface area contributed by atoms with E-state index in [2.05, 4.69) is 27.6 Å². The van der Waals surface area contributed by atoms with Crippen molar-refractivity contribution in [1.82, 2.24) is 15.5 Å². The fourth-order valence-electron chi connectivity index (χ4n) is 2.45. The van der Waals surface area contributed by atoms with Crippen LogP contribution in [0.2, 0.25) is 5.02 Å². The molecule has 1 fully saturated rings. The predicted molar refractivity (Wildman–Crippen MR) is 98.1 cm³/mol. The minimum Gasteiger partial charge on any atom is -0.489 e. The van der Waals surface area contributed by atoms with Crippen LogP contribution in [0.1, 0.15) is 6.92 Å². The molecule has 2 N–H and O–H groups in total. The molecule has 2 unspecified atom stereocenters. The van der Waals surface area contributed by atoms with E-state index in [0.29, 0.717) is 11.6 Å². The van der Waals surface area contributed by atoms with E-state index in [-0.39, 0.29) is 12.2 Å². The van der Waals surface area contributed by atoms with Gasteiger partial charge in [0.2, 0.25) is 0 Å². The molecule has 7 heteroatoms. The summed E-state index contributed by atoms with van der Waals surface area (Å²) in [6, 6.07) is 7.36. The first-order valence-electron chi connectivity index (χ1n) is 8.23. The van der Waals surface area contributed by atoms with Crippen molar-refractivity contribution in [3.63, 3.8) is 0 Å². The van der Waals surface area contributed by atoms with E-state index in [9.17, 15) is 0 Å². The van der Waals surface area contributed by atoms with Crippen LogP contribution < -0.4 is 15.4 Å². The molecule has 1 saturated heterocycles. The second-order valence-electron chi connectivity index (χ2n) is 5.97. The molecule has 24 heavy (non-hydrogen) atoms. The Morgan fingerprint density at radius 1 is 1.42 bits per heavy atom. The first-order chi connectivity index (χ1) is 11.6. The molecule has 0 bridgehead atoms. The van der Waals surface area contributed by atoms with Gasteiger partial charge in [-0.15, -0.1) is 0 Å². The summed E-state index contributed by atoms with van der Waals surface area (Å²) in [5.74, 6) is 1.55. The van der Waals surface area contributed by atoms with Gasteiger partial charge in [-0.3, -0.25) is 4.99 Å². The zero-order valence-corrected chi connectivity index (χ0v) is 15.3. The Bertz CT molecular complexity index is 524. The van der Waals surface area contributed by atoms with E-state index < -0.39 is 0 Å². The monoisotopic (exact) mass is 354 g/mol. The summed E-state index contributed by atoms with van der Waals surface area (Å²) >= 11 is 5.87. The number of nitrogens with zero attached hydrogens (tertiary/aromatic N) is 2. The lowest BCUT2D eigenvalue weighted by atomic mass is 10.3. The van der Waals surface area contributed by atoms with Crippen LogP contribution in [0.4, 0.5) is 0 Å². The molecule has 1 heterocycles. The number of morpholine rings is 1. The van der Waals surface area contributed by atoms with E-state index in [1.165, 1.54) is 0 Å². The second-order valence-corrected chi connectivity index (χ2v) is 6.41. The van der Waals surface area contributed by atoms with Gasteiger partial charge in [0.1, 0.15) is 11.9 Å². The smallest absolute Gasteiger partial charge is 0.191 e. The third-order valence-electron chi connectivity index (χ3n) is 3.77. The summed E-state index contributed by atoms with van der Waals surface area (Å²) in [7, 11) is 3.87. The highest BCUT2D eigenvalue weighted by Gasteiger charge is 2.17. The quantitative estimate of drug-likeness (QED) is 0.600. The molecule has 2 atom stereocenters. The number of guanidine groups is 1. The third kappa shape index (κ3) is 6.55. The Labute approximate surface area is 149 Å². The van der Waals surface area contributed by atoms with Crippen LogP contribution in [0.15, 0.2) is 29.3 Å². The molecule has 1 aromatic carbocycles. The van der Waals surface area contributed by atoms with Gasteiger partial charge in [-0.25, -0.2) is 0 Å². The molecule has 1 aliphatic heterocycles. The number of likely N-dealkylation sites (N-methyl/N-ethyl adjacent to an activating group) is 1. The highest BCUT2D eigenvalue weighted by molar-refractivity contribution is 6.30. The van der Waals surface area contributed by atoms with Gasteiger partial charge < -0.3 is 25.0 Å². The van der Waals surface area contributed by atoms with Crippen LogP contribution in [-0.2, 0) is 4.74 Å². The van der Waals surface area contributed by atoms with Crippen molar-refractivity contribution in [2.75, 3.05) is 46.9 Å². The fraction of sp³-hybridized carbons (Fsp3) is 0.588. The summed E-state index contributed by atoms with van der Waals surface area (Å²) in [6.45, 7) is 6.09. The number of hydrogen-bond donors (Lipinski definition) is 2. The average molecular weight is 355 g/mol. The van der Waals surface area contributed by atoms with Gasteiger partial charge in [-0.05, 0) is 38.2 Å². The number of ether oxygens (including phenoxy) is 2. The van der Waals surface area contributed by atoms with E-state index >= 15 is 0 Å². The van der Waals surface area contributed by atoms with Crippen LogP contribution in [0.25, 0.3) is 0 Å². The molecule has 134 valence electrons. The number of aliphatic imine (C=N–C) groups is 1. The molecule has 0 aliphatic carbocycles. The highest BCUT2D eigenvalue weighted by atomic mass is 35.5. The van der Waals surface area contributed by atoms with Gasteiger partial charge in [0.25, 0.3) is 0 Å². The minimum absolute atomic E-state index is 0.00166. The SMILES string of the molecule is CN=C(NCC(C)Oc1ccc(Cl)cc1)NCC1CN(C)CCO1. The lowest BCUT2D eigenvalue weighted by molar-refractivity contribution is -0.0161. The number of halogens is 1. The van der Waals surface area contributed by atoms with Crippen molar-refractivity contribution < 1.29 is 9.47 Å².